The lowest BCUT2D eigenvalue weighted by Gasteiger charge is -2.36. The van der Waals surface area contributed by atoms with Gasteiger partial charge in [0.15, 0.2) is 0 Å². The van der Waals surface area contributed by atoms with Crippen LogP contribution >= 0.6 is 0 Å². The molecular formula is C24H29N3O4S. The molecule has 2 N–H and O–H groups in total. The molecular weight excluding hydrogens is 426 g/mol. The van der Waals surface area contributed by atoms with Crippen LogP contribution in [0.1, 0.15) is 35.7 Å². The van der Waals surface area contributed by atoms with Gasteiger partial charge in [0.05, 0.1) is 4.90 Å². The van der Waals surface area contributed by atoms with Crippen LogP contribution < -0.4 is 10.6 Å². The van der Waals surface area contributed by atoms with E-state index in [1.54, 1.807) is 0 Å². The summed E-state index contributed by atoms with van der Waals surface area (Å²) >= 11 is 0. The molecule has 3 rings (SSSR count). The molecule has 1 aliphatic rings. The fourth-order valence-corrected chi connectivity index (χ4v) is 5.54. The summed E-state index contributed by atoms with van der Waals surface area (Å²) < 4.78 is 27.7. The average molecular weight is 456 g/mol. The largest absolute Gasteiger partial charge is 0.352 e. The molecule has 0 spiro atoms. The van der Waals surface area contributed by atoms with Crippen molar-refractivity contribution in [1.29, 1.82) is 0 Å². The van der Waals surface area contributed by atoms with Crippen LogP contribution in [0, 0.1) is 0 Å². The van der Waals surface area contributed by atoms with Crippen LogP contribution in [-0.2, 0) is 21.2 Å². The Bertz CT molecular complexity index is 1050. The minimum absolute atomic E-state index is 0.0797. The molecule has 1 saturated heterocycles. The highest BCUT2D eigenvalue weighted by atomic mass is 32.2. The van der Waals surface area contributed by atoms with Crippen molar-refractivity contribution >= 4 is 21.8 Å². The molecule has 2 unspecified atom stereocenters. The molecule has 0 aromatic heterocycles. The standard InChI is InChI=1S/C24H29N3O4S/c1-3-23(28)26-21-14-16-27(18(2)17-21)32(30,31)22-11-9-20(10-12-22)24(29)25-15-13-19-7-5-4-6-8-19/h3-12,18,21H,1,13-17H2,2H3,(H,25,29)(H,26,28). The van der Waals surface area contributed by atoms with Gasteiger partial charge in [-0.25, -0.2) is 8.42 Å². The molecule has 0 aliphatic carbocycles. The average Bonchev–Trinajstić information content (AvgIpc) is 2.79. The Morgan fingerprint density at radius 1 is 1.12 bits per heavy atom. The molecule has 170 valence electrons. The first kappa shape index (κ1) is 23.7. The molecule has 2 aromatic rings. The Morgan fingerprint density at radius 2 is 1.81 bits per heavy atom. The molecule has 1 aliphatic heterocycles. The molecule has 1 heterocycles. The number of carbonyl (C=O) groups is 2. The van der Waals surface area contributed by atoms with Gasteiger partial charge in [-0.3, -0.25) is 9.59 Å². The summed E-state index contributed by atoms with van der Waals surface area (Å²) in [7, 11) is -3.70. The number of hydrogen-bond donors (Lipinski definition) is 2. The maximum atomic E-state index is 13.1. The molecule has 0 radical (unpaired) electrons. The number of carbonyl (C=O) groups excluding carboxylic acids is 2. The third-order valence-electron chi connectivity index (χ3n) is 5.61. The number of hydrogen-bond acceptors (Lipinski definition) is 4. The van der Waals surface area contributed by atoms with Gasteiger partial charge in [0, 0.05) is 30.7 Å². The van der Waals surface area contributed by atoms with Crippen molar-refractivity contribution in [2.45, 2.75) is 43.2 Å². The van der Waals surface area contributed by atoms with Crippen molar-refractivity contribution in [3.63, 3.8) is 0 Å². The number of rotatable bonds is 8. The van der Waals surface area contributed by atoms with E-state index >= 15 is 0 Å². The summed E-state index contributed by atoms with van der Waals surface area (Å²) in [5.74, 6) is -0.492. The van der Waals surface area contributed by atoms with E-state index in [-0.39, 0.29) is 28.8 Å². The molecule has 2 aromatic carbocycles. The van der Waals surface area contributed by atoms with Crippen molar-refractivity contribution in [2.24, 2.45) is 0 Å². The molecule has 8 heteroatoms. The van der Waals surface area contributed by atoms with Gasteiger partial charge in [-0.15, -0.1) is 0 Å². The van der Waals surface area contributed by atoms with E-state index in [0.29, 0.717) is 31.5 Å². The van der Waals surface area contributed by atoms with Crippen LogP contribution in [-0.4, -0.2) is 49.7 Å². The topological polar surface area (TPSA) is 95.6 Å². The van der Waals surface area contributed by atoms with Gasteiger partial charge >= 0.3 is 0 Å². The second-order valence-corrected chi connectivity index (χ2v) is 9.81. The summed E-state index contributed by atoms with van der Waals surface area (Å²) in [5, 5.41) is 5.70. The predicted octanol–water partition coefficient (Wildman–Crippen LogP) is 2.50. The lowest BCUT2D eigenvalue weighted by Crippen LogP contribution is -2.50. The number of amides is 2. The fraction of sp³-hybridized carbons (Fsp3) is 0.333. The summed E-state index contributed by atoms with van der Waals surface area (Å²) in [6.45, 7) is 6.08. The van der Waals surface area contributed by atoms with Crippen molar-refractivity contribution in [3.05, 3.63) is 78.4 Å². The first-order chi connectivity index (χ1) is 15.3. The number of nitrogens with one attached hydrogen (secondary N) is 2. The predicted molar refractivity (Wildman–Crippen MR) is 124 cm³/mol. The second kappa shape index (κ2) is 10.6. The van der Waals surface area contributed by atoms with Gasteiger partial charge in [0.2, 0.25) is 15.9 Å². The first-order valence-electron chi connectivity index (χ1n) is 10.7. The normalized spacial score (nSPS) is 19.2. The van der Waals surface area contributed by atoms with E-state index in [2.05, 4.69) is 17.2 Å². The Morgan fingerprint density at radius 3 is 2.44 bits per heavy atom. The lowest BCUT2D eigenvalue weighted by atomic mass is 10.0. The molecule has 1 fully saturated rings. The summed E-state index contributed by atoms with van der Waals surface area (Å²) in [4.78, 5) is 24.1. The number of benzene rings is 2. The van der Waals surface area contributed by atoms with Gasteiger partial charge in [0.25, 0.3) is 5.91 Å². The summed E-state index contributed by atoms with van der Waals surface area (Å²) in [5.41, 5.74) is 1.55. The van der Waals surface area contributed by atoms with Crippen molar-refractivity contribution < 1.29 is 18.0 Å². The second-order valence-electron chi connectivity index (χ2n) is 7.91. The summed E-state index contributed by atoms with van der Waals surface area (Å²) in [6, 6.07) is 15.5. The number of nitrogens with zero attached hydrogens (tertiary/aromatic N) is 1. The molecule has 7 nitrogen and oxygen atoms in total. The maximum Gasteiger partial charge on any atom is 0.251 e. The van der Waals surface area contributed by atoms with Crippen molar-refractivity contribution in [2.75, 3.05) is 13.1 Å². The van der Waals surface area contributed by atoms with Crippen LogP contribution in [0.15, 0.2) is 72.1 Å². The third kappa shape index (κ3) is 5.83. The van der Waals surface area contributed by atoms with Crippen LogP contribution in [0.25, 0.3) is 0 Å². The van der Waals surface area contributed by atoms with E-state index < -0.39 is 10.0 Å². The highest BCUT2D eigenvalue weighted by molar-refractivity contribution is 7.89. The Balaban J connectivity index is 1.58. The zero-order valence-corrected chi connectivity index (χ0v) is 19.0. The Hall–Kier alpha value is -2.97. The van der Waals surface area contributed by atoms with Gasteiger partial charge in [-0.2, -0.15) is 4.31 Å². The number of sulfonamides is 1. The smallest absolute Gasteiger partial charge is 0.251 e. The zero-order chi connectivity index (χ0) is 23.1. The summed E-state index contributed by atoms with van der Waals surface area (Å²) in [6.07, 6.45) is 3.00. The van der Waals surface area contributed by atoms with Gasteiger partial charge in [-0.1, -0.05) is 36.9 Å². The van der Waals surface area contributed by atoms with E-state index in [9.17, 15) is 18.0 Å². The zero-order valence-electron chi connectivity index (χ0n) is 18.2. The Kier molecular flexibility index (Phi) is 7.82. The first-order valence-corrected chi connectivity index (χ1v) is 12.1. The quantitative estimate of drug-likeness (QED) is 0.598. The molecule has 0 saturated carbocycles. The monoisotopic (exact) mass is 455 g/mol. The lowest BCUT2D eigenvalue weighted by molar-refractivity contribution is -0.117. The SMILES string of the molecule is C=CC(=O)NC1CCN(S(=O)(=O)c2ccc(C(=O)NCCc3ccccc3)cc2)C(C)C1. The van der Waals surface area contributed by atoms with E-state index in [4.69, 9.17) is 0 Å². The molecule has 2 atom stereocenters. The van der Waals surface area contributed by atoms with Crippen LogP contribution in [0.3, 0.4) is 0 Å². The minimum atomic E-state index is -3.70. The van der Waals surface area contributed by atoms with E-state index in [1.165, 1.54) is 34.6 Å². The van der Waals surface area contributed by atoms with Crippen molar-refractivity contribution in [3.8, 4) is 0 Å². The highest BCUT2D eigenvalue weighted by Crippen LogP contribution is 2.25. The van der Waals surface area contributed by atoms with Crippen molar-refractivity contribution in [1.82, 2.24) is 14.9 Å². The van der Waals surface area contributed by atoms with E-state index in [0.717, 1.165) is 12.0 Å². The van der Waals surface area contributed by atoms with Crippen LogP contribution in [0.4, 0.5) is 0 Å². The third-order valence-corrected chi connectivity index (χ3v) is 7.64. The minimum Gasteiger partial charge on any atom is -0.352 e. The fourth-order valence-electron chi connectivity index (χ4n) is 3.88. The molecule has 32 heavy (non-hydrogen) atoms. The molecule has 2 amide bonds. The molecule has 0 bridgehead atoms. The maximum absolute atomic E-state index is 13.1. The Labute approximate surface area is 189 Å². The van der Waals surface area contributed by atoms with Gasteiger partial charge < -0.3 is 10.6 Å². The van der Waals surface area contributed by atoms with E-state index in [1.807, 2.05) is 37.3 Å². The highest BCUT2D eigenvalue weighted by Gasteiger charge is 2.34. The number of piperidine rings is 1. The van der Waals surface area contributed by atoms with Gasteiger partial charge in [-0.05, 0) is 62.1 Å². The van der Waals surface area contributed by atoms with Gasteiger partial charge in [0.1, 0.15) is 0 Å². The van der Waals surface area contributed by atoms with Crippen LogP contribution in [0.5, 0.6) is 0 Å². The van der Waals surface area contributed by atoms with Crippen LogP contribution in [0.2, 0.25) is 0 Å².